The summed E-state index contributed by atoms with van der Waals surface area (Å²) in [6, 6.07) is 10.7. The van der Waals surface area contributed by atoms with Gasteiger partial charge in [0.2, 0.25) is 0 Å². The minimum atomic E-state index is 0.309. The van der Waals surface area contributed by atoms with E-state index in [1.165, 1.54) is 37.0 Å². The van der Waals surface area contributed by atoms with Crippen molar-refractivity contribution in [3.8, 4) is 0 Å². The molecule has 1 saturated carbocycles. The van der Waals surface area contributed by atoms with Gasteiger partial charge >= 0.3 is 0 Å². The molecule has 150 valence electrons. The highest BCUT2D eigenvalue weighted by atomic mass is 32.2. The molecular formula is C21H30N6S. The van der Waals surface area contributed by atoms with Crippen LogP contribution >= 0.6 is 11.8 Å². The van der Waals surface area contributed by atoms with Crippen molar-refractivity contribution in [2.24, 2.45) is 4.99 Å². The van der Waals surface area contributed by atoms with E-state index in [4.69, 9.17) is 0 Å². The molecule has 1 aliphatic heterocycles. The van der Waals surface area contributed by atoms with Crippen LogP contribution in [0.3, 0.4) is 0 Å². The Morgan fingerprint density at radius 2 is 2.00 bits per heavy atom. The summed E-state index contributed by atoms with van der Waals surface area (Å²) in [5, 5.41) is 15.8. The first-order valence-corrected chi connectivity index (χ1v) is 11.2. The zero-order valence-electron chi connectivity index (χ0n) is 16.7. The maximum absolute atomic E-state index is 4.41. The first-order valence-electron chi connectivity index (χ1n) is 10.4. The SMILES string of the molecule is CN=C(NCCc1nnc2n1CCCCC2)NCC1(Sc2ccccc2)CC1. The van der Waals surface area contributed by atoms with Gasteiger partial charge < -0.3 is 15.2 Å². The minimum absolute atomic E-state index is 0.309. The lowest BCUT2D eigenvalue weighted by molar-refractivity contribution is 0.600. The third-order valence-corrected chi connectivity index (χ3v) is 7.01. The van der Waals surface area contributed by atoms with Crippen molar-refractivity contribution < 1.29 is 0 Å². The number of aromatic nitrogens is 3. The first-order chi connectivity index (χ1) is 13.8. The standard InChI is InChI=1S/C21H30N6S/c1-22-20(24-16-21(12-13-21)28-17-8-4-2-5-9-17)23-14-11-19-26-25-18-10-6-3-7-15-27(18)19/h2,4-5,8-9H,3,6-7,10-16H2,1H3,(H2,22,23,24). The summed E-state index contributed by atoms with van der Waals surface area (Å²) < 4.78 is 2.63. The predicted octanol–water partition coefficient (Wildman–Crippen LogP) is 3.04. The van der Waals surface area contributed by atoms with E-state index < -0.39 is 0 Å². The molecule has 0 radical (unpaired) electrons. The van der Waals surface area contributed by atoms with Crippen LogP contribution in [0.5, 0.6) is 0 Å². The number of aliphatic imine (C=N–C) groups is 1. The van der Waals surface area contributed by atoms with E-state index in [1.54, 1.807) is 0 Å². The molecule has 0 saturated heterocycles. The number of guanidine groups is 1. The fourth-order valence-corrected chi connectivity index (χ4v) is 4.92. The number of hydrogen-bond donors (Lipinski definition) is 2. The van der Waals surface area contributed by atoms with E-state index in [1.807, 2.05) is 18.8 Å². The van der Waals surface area contributed by atoms with E-state index in [0.717, 1.165) is 50.1 Å². The highest BCUT2D eigenvalue weighted by molar-refractivity contribution is 8.01. The molecule has 1 aliphatic carbocycles. The average molecular weight is 399 g/mol. The molecule has 1 aromatic heterocycles. The van der Waals surface area contributed by atoms with Gasteiger partial charge in [-0.05, 0) is 37.8 Å². The Kier molecular flexibility index (Phi) is 6.20. The molecule has 2 heterocycles. The van der Waals surface area contributed by atoms with Gasteiger partial charge in [-0.15, -0.1) is 22.0 Å². The van der Waals surface area contributed by atoms with Crippen LogP contribution in [0, 0.1) is 0 Å². The summed E-state index contributed by atoms with van der Waals surface area (Å²) in [7, 11) is 1.84. The maximum atomic E-state index is 4.41. The van der Waals surface area contributed by atoms with E-state index >= 15 is 0 Å². The molecular weight excluding hydrogens is 368 g/mol. The molecule has 0 spiro atoms. The number of rotatable bonds is 7. The molecule has 1 fully saturated rings. The zero-order valence-corrected chi connectivity index (χ0v) is 17.5. The molecule has 7 heteroatoms. The van der Waals surface area contributed by atoms with Crippen molar-refractivity contribution in [1.82, 2.24) is 25.4 Å². The van der Waals surface area contributed by atoms with Crippen LogP contribution in [0.2, 0.25) is 0 Å². The lowest BCUT2D eigenvalue weighted by Gasteiger charge is -2.18. The third kappa shape index (κ3) is 4.87. The molecule has 2 N–H and O–H groups in total. The van der Waals surface area contributed by atoms with E-state index in [0.29, 0.717) is 4.75 Å². The van der Waals surface area contributed by atoms with E-state index in [-0.39, 0.29) is 0 Å². The smallest absolute Gasteiger partial charge is 0.191 e. The molecule has 6 nitrogen and oxygen atoms in total. The molecule has 0 atom stereocenters. The number of nitrogens with one attached hydrogen (secondary N) is 2. The van der Waals surface area contributed by atoms with Crippen molar-refractivity contribution in [2.45, 2.75) is 61.1 Å². The van der Waals surface area contributed by atoms with Crippen LogP contribution in [-0.2, 0) is 19.4 Å². The predicted molar refractivity (Wildman–Crippen MR) is 115 cm³/mol. The second-order valence-corrected chi connectivity index (χ2v) is 9.24. The summed E-state index contributed by atoms with van der Waals surface area (Å²) in [5.41, 5.74) is 0. The van der Waals surface area contributed by atoms with Crippen molar-refractivity contribution in [3.05, 3.63) is 42.0 Å². The Balaban J connectivity index is 1.24. The van der Waals surface area contributed by atoms with Crippen LogP contribution in [0.25, 0.3) is 0 Å². The quantitative estimate of drug-likeness (QED) is 0.554. The summed E-state index contributed by atoms with van der Waals surface area (Å²) in [6.45, 7) is 2.81. The molecule has 28 heavy (non-hydrogen) atoms. The molecule has 2 aliphatic rings. The molecule has 0 amide bonds. The topological polar surface area (TPSA) is 67.1 Å². The van der Waals surface area contributed by atoms with Gasteiger partial charge in [-0.25, -0.2) is 0 Å². The lowest BCUT2D eigenvalue weighted by Crippen LogP contribution is -2.42. The number of benzene rings is 1. The van der Waals surface area contributed by atoms with E-state index in [2.05, 4.69) is 60.7 Å². The highest BCUT2D eigenvalue weighted by Crippen LogP contribution is 2.51. The Bertz CT molecular complexity index is 796. The zero-order chi connectivity index (χ0) is 19.2. The highest BCUT2D eigenvalue weighted by Gasteiger charge is 2.43. The second kappa shape index (κ2) is 8.99. The van der Waals surface area contributed by atoms with Crippen LogP contribution in [0.1, 0.15) is 43.8 Å². The summed E-state index contributed by atoms with van der Waals surface area (Å²) in [6.07, 6.45) is 8.19. The van der Waals surface area contributed by atoms with Gasteiger partial charge in [0.15, 0.2) is 5.96 Å². The number of aryl methyl sites for hydroxylation is 1. The second-order valence-electron chi connectivity index (χ2n) is 7.70. The largest absolute Gasteiger partial charge is 0.356 e. The summed E-state index contributed by atoms with van der Waals surface area (Å²) in [4.78, 5) is 5.73. The number of thioether (sulfide) groups is 1. The van der Waals surface area contributed by atoms with Crippen LogP contribution < -0.4 is 10.6 Å². The minimum Gasteiger partial charge on any atom is -0.356 e. The van der Waals surface area contributed by atoms with Crippen LogP contribution in [0.4, 0.5) is 0 Å². The normalized spacial score (nSPS) is 18.2. The van der Waals surface area contributed by atoms with E-state index in [9.17, 15) is 0 Å². The number of nitrogens with zero attached hydrogens (tertiary/aromatic N) is 4. The number of hydrogen-bond acceptors (Lipinski definition) is 4. The molecule has 0 bridgehead atoms. The fraction of sp³-hybridized carbons (Fsp3) is 0.571. The van der Waals surface area contributed by atoms with Gasteiger partial charge in [-0.3, -0.25) is 4.99 Å². The Labute approximate surface area is 171 Å². The Morgan fingerprint density at radius 1 is 1.14 bits per heavy atom. The molecule has 0 unspecified atom stereocenters. The molecule has 2 aromatic rings. The monoisotopic (exact) mass is 398 g/mol. The van der Waals surface area contributed by atoms with Crippen molar-refractivity contribution >= 4 is 17.7 Å². The third-order valence-electron chi connectivity index (χ3n) is 5.51. The van der Waals surface area contributed by atoms with Crippen molar-refractivity contribution in [1.29, 1.82) is 0 Å². The van der Waals surface area contributed by atoms with Gasteiger partial charge in [0.25, 0.3) is 0 Å². The molecule has 1 aromatic carbocycles. The van der Waals surface area contributed by atoms with Gasteiger partial charge in [0.1, 0.15) is 11.6 Å². The fourth-order valence-electron chi connectivity index (χ4n) is 3.68. The van der Waals surface area contributed by atoms with Gasteiger partial charge in [-0.1, -0.05) is 24.6 Å². The van der Waals surface area contributed by atoms with Crippen molar-refractivity contribution in [3.63, 3.8) is 0 Å². The Hall–Kier alpha value is -2.02. The first kappa shape index (κ1) is 19.3. The van der Waals surface area contributed by atoms with Crippen LogP contribution in [0.15, 0.2) is 40.2 Å². The average Bonchev–Trinajstić information content (AvgIpc) is 3.44. The van der Waals surface area contributed by atoms with Crippen LogP contribution in [-0.4, -0.2) is 45.6 Å². The molecule has 4 rings (SSSR count). The van der Waals surface area contributed by atoms with Crippen molar-refractivity contribution in [2.75, 3.05) is 20.1 Å². The summed E-state index contributed by atoms with van der Waals surface area (Å²) >= 11 is 1.98. The Morgan fingerprint density at radius 3 is 2.79 bits per heavy atom. The number of fused-ring (bicyclic) bond motifs is 1. The maximum Gasteiger partial charge on any atom is 0.191 e. The van der Waals surface area contributed by atoms with Gasteiger partial charge in [0.05, 0.1) is 0 Å². The summed E-state index contributed by atoms with van der Waals surface area (Å²) in [5.74, 6) is 3.12. The van der Waals surface area contributed by atoms with Gasteiger partial charge in [-0.2, -0.15) is 0 Å². The van der Waals surface area contributed by atoms with Gasteiger partial charge in [0, 0.05) is 49.2 Å². The lowest BCUT2D eigenvalue weighted by atomic mass is 10.2.